The summed E-state index contributed by atoms with van der Waals surface area (Å²) in [7, 11) is 2.30. The Bertz CT molecular complexity index is 1120. The van der Waals surface area contributed by atoms with Crippen molar-refractivity contribution in [3.8, 4) is 0 Å². The molecule has 0 bridgehead atoms. The van der Waals surface area contributed by atoms with E-state index in [1.54, 1.807) is 0 Å². The Morgan fingerprint density at radius 2 is 1.76 bits per heavy atom. The summed E-state index contributed by atoms with van der Waals surface area (Å²) < 4.78 is 2.31. The van der Waals surface area contributed by atoms with E-state index < -0.39 is 0 Å². The molecule has 1 aromatic heterocycles. The Balaban J connectivity index is 1.45. The molecular formula is C31H41ClN4S. The van der Waals surface area contributed by atoms with Crippen LogP contribution in [0.2, 0.25) is 5.02 Å². The van der Waals surface area contributed by atoms with E-state index in [4.69, 9.17) is 23.8 Å². The monoisotopic (exact) mass is 536 g/mol. The molecule has 0 atom stereocenters. The average molecular weight is 537 g/mol. The standard InChI is InChI=1S/C31H41ClN4S/c1-3-26-11-7-8-15-30(26)33-31(37)36(22-10-20-34(2)28-12-5-4-6-13-28)24-29-14-9-21-35(29)23-25-16-18-27(32)19-17-25/h7-9,11,14-19,21,28H,3-6,10,12-13,20,22-24H2,1-2H3,(H,33,37). The molecule has 0 spiro atoms. The van der Waals surface area contributed by atoms with Crippen molar-refractivity contribution in [2.45, 2.75) is 71.0 Å². The van der Waals surface area contributed by atoms with Gasteiger partial charge < -0.3 is 19.7 Å². The van der Waals surface area contributed by atoms with Gasteiger partial charge in [0.15, 0.2) is 5.11 Å². The van der Waals surface area contributed by atoms with E-state index in [0.717, 1.165) is 60.9 Å². The zero-order valence-electron chi connectivity index (χ0n) is 22.3. The number of nitrogens with one attached hydrogen (secondary N) is 1. The van der Waals surface area contributed by atoms with Crippen molar-refractivity contribution >= 4 is 34.6 Å². The maximum atomic E-state index is 6.10. The summed E-state index contributed by atoms with van der Waals surface area (Å²) in [5.41, 5.74) is 4.88. The van der Waals surface area contributed by atoms with Crippen LogP contribution < -0.4 is 5.32 Å². The molecule has 0 aliphatic heterocycles. The number of para-hydroxylation sites is 1. The number of aryl methyl sites for hydroxylation is 1. The van der Waals surface area contributed by atoms with Crippen molar-refractivity contribution < 1.29 is 0 Å². The highest BCUT2D eigenvalue weighted by Crippen LogP contribution is 2.22. The quantitative estimate of drug-likeness (QED) is 0.255. The SMILES string of the molecule is CCc1ccccc1NC(=S)N(CCCN(C)C1CCCCC1)Cc1cccn1Cc1ccc(Cl)cc1. The topological polar surface area (TPSA) is 23.4 Å². The molecule has 4 nitrogen and oxygen atoms in total. The molecule has 2 aromatic carbocycles. The summed E-state index contributed by atoms with van der Waals surface area (Å²) >= 11 is 12.1. The van der Waals surface area contributed by atoms with Gasteiger partial charge in [0.2, 0.25) is 0 Å². The highest BCUT2D eigenvalue weighted by Gasteiger charge is 2.19. The predicted octanol–water partition coefficient (Wildman–Crippen LogP) is 7.61. The van der Waals surface area contributed by atoms with Gasteiger partial charge in [-0.1, -0.05) is 68.1 Å². The summed E-state index contributed by atoms with van der Waals surface area (Å²) in [4.78, 5) is 4.91. The summed E-state index contributed by atoms with van der Waals surface area (Å²) in [6.07, 6.45) is 11.0. The van der Waals surface area contributed by atoms with Gasteiger partial charge >= 0.3 is 0 Å². The number of hydrogen-bond donors (Lipinski definition) is 1. The van der Waals surface area contributed by atoms with Crippen LogP contribution in [0.15, 0.2) is 66.9 Å². The van der Waals surface area contributed by atoms with Gasteiger partial charge in [0.05, 0.1) is 6.54 Å². The number of aromatic nitrogens is 1. The number of hydrogen-bond acceptors (Lipinski definition) is 2. The first-order valence-corrected chi connectivity index (χ1v) is 14.5. The van der Waals surface area contributed by atoms with Gasteiger partial charge in [-0.05, 0) is 93.0 Å². The number of thiocarbonyl (C=S) groups is 1. The molecule has 0 radical (unpaired) electrons. The van der Waals surface area contributed by atoms with Crippen LogP contribution in [0.1, 0.15) is 62.3 Å². The Morgan fingerprint density at radius 3 is 2.51 bits per heavy atom. The van der Waals surface area contributed by atoms with Gasteiger partial charge in [-0.25, -0.2) is 0 Å². The van der Waals surface area contributed by atoms with Crippen LogP contribution in [-0.2, 0) is 19.5 Å². The van der Waals surface area contributed by atoms with Crippen molar-refractivity contribution in [3.05, 3.63) is 88.7 Å². The molecule has 4 rings (SSSR count). The average Bonchev–Trinajstić information content (AvgIpc) is 3.36. The summed E-state index contributed by atoms with van der Waals surface area (Å²) in [6, 6.07) is 21.6. The molecule has 1 aliphatic rings. The smallest absolute Gasteiger partial charge is 0.173 e. The summed E-state index contributed by atoms with van der Waals surface area (Å²) in [6.45, 7) is 5.79. The van der Waals surface area contributed by atoms with Crippen LogP contribution in [-0.4, -0.2) is 45.7 Å². The van der Waals surface area contributed by atoms with E-state index in [9.17, 15) is 0 Å². The zero-order valence-corrected chi connectivity index (χ0v) is 23.9. The zero-order chi connectivity index (χ0) is 26.0. The lowest BCUT2D eigenvalue weighted by molar-refractivity contribution is 0.185. The van der Waals surface area contributed by atoms with E-state index in [1.807, 2.05) is 12.1 Å². The lowest BCUT2D eigenvalue weighted by Crippen LogP contribution is -2.39. The fourth-order valence-corrected chi connectivity index (χ4v) is 5.73. The first-order valence-electron chi connectivity index (χ1n) is 13.8. The molecule has 3 aromatic rings. The number of nitrogens with zero attached hydrogens (tertiary/aromatic N) is 3. The van der Waals surface area contributed by atoms with Gasteiger partial charge in [-0.15, -0.1) is 0 Å². The van der Waals surface area contributed by atoms with E-state index >= 15 is 0 Å². The van der Waals surface area contributed by atoms with E-state index in [-0.39, 0.29) is 0 Å². The molecule has 0 saturated heterocycles. The predicted molar refractivity (Wildman–Crippen MR) is 162 cm³/mol. The van der Waals surface area contributed by atoms with Crippen LogP contribution in [0.25, 0.3) is 0 Å². The minimum Gasteiger partial charge on any atom is -0.345 e. The maximum absolute atomic E-state index is 6.10. The Hall–Kier alpha value is -2.34. The van der Waals surface area contributed by atoms with Gasteiger partial charge in [0.1, 0.15) is 0 Å². The Morgan fingerprint density at radius 1 is 1.00 bits per heavy atom. The molecule has 1 N–H and O–H groups in total. The number of anilines is 1. The molecular weight excluding hydrogens is 496 g/mol. The lowest BCUT2D eigenvalue weighted by Gasteiger charge is -2.32. The largest absolute Gasteiger partial charge is 0.345 e. The lowest BCUT2D eigenvalue weighted by atomic mass is 9.94. The molecule has 1 saturated carbocycles. The van der Waals surface area contributed by atoms with E-state index in [2.05, 4.69) is 88.4 Å². The van der Waals surface area contributed by atoms with Crippen molar-refractivity contribution in [2.24, 2.45) is 0 Å². The third-order valence-corrected chi connectivity index (χ3v) is 8.22. The van der Waals surface area contributed by atoms with E-state index in [0.29, 0.717) is 0 Å². The normalized spacial score (nSPS) is 14.2. The number of rotatable bonds is 11. The molecule has 198 valence electrons. The van der Waals surface area contributed by atoms with Crippen molar-refractivity contribution in [3.63, 3.8) is 0 Å². The highest BCUT2D eigenvalue weighted by molar-refractivity contribution is 7.80. The molecule has 1 aliphatic carbocycles. The van der Waals surface area contributed by atoms with Crippen molar-refractivity contribution in [2.75, 3.05) is 25.5 Å². The second-order valence-electron chi connectivity index (χ2n) is 10.2. The van der Waals surface area contributed by atoms with Crippen molar-refractivity contribution in [1.82, 2.24) is 14.4 Å². The Labute approximate surface area is 233 Å². The summed E-state index contributed by atoms with van der Waals surface area (Å²) in [5, 5.41) is 5.13. The summed E-state index contributed by atoms with van der Waals surface area (Å²) in [5.74, 6) is 0. The first kappa shape index (κ1) is 27.7. The van der Waals surface area contributed by atoms with Gasteiger partial charge in [0.25, 0.3) is 0 Å². The molecule has 0 unspecified atom stereocenters. The van der Waals surface area contributed by atoms with E-state index in [1.165, 1.54) is 48.9 Å². The van der Waals surface area contributed by atoms with Crippen LogP contribution in [0.4, 0.5) is 5.69 Å². The Kier molecular flexibility index (Phi) is 10.5. The first-order chi connectivity index (χ1) is 18.0. The molecule has 37 heavy (non-hydrogen) atoms. The van der Waals surface area contributed by atoms with Gasteiger partial charge in [0, 0.05) is 41.7 Å². The third-order valence-electron chi connectivity index (χ3n) is 7.61. The fourth-order valence-electron chi connectivity index (χ4n) is 5.34. The molecule has 1 fully saturated rings. The van der Waals surface area contributed by atoms with Crippen LogP contribution in [0, 0.1) is 0 Å². The number of benzene rings is 2. The van der Waals surface area contributed by atoms with Gasteiger partial charge in [-0.3, -0.25) is 0 Å². The van der Waals surface area contributed by atoms with Crippen LogP contribution in [0.3, 0.4) is 0 Å². The minimum atomic E-state index is 0.736. The maximum Gasteiger partial charge on any atom is 0.173 e. The second kappa shape index (κ2) is 14.0. The second-order valence-corrected chi connectivity index (χ2v) is 11.1. The third kappa shape index (κ3) is 8.07. The fraction of sp³-hybridized carbons (Fsp3) is 0.452. The molecule has 1 heterocycles. The van der Waals surface area contributed by atoms with Crippen molar-refractivity contribution in [1.29, 1.82) is 0 Å². The molecule has 6 heteroatoms. The van der Waals surface area contributed by atoms with Crippen LogP contribution in [0.5, 0.6) is 0 Å². The highest BCUT2D eigenvalue weighted by atomic mass is 35.5. The molecule has 0 amide bonds. The van der Waals surface area contributed by atoms with Crippen LogP contribution >= 0.6 is 23.8 Å². The minimum absolute atomic E-state index is 0.736. The number of halogens is 1. The van der Waals surface area contributed by atoms with Gasteiger partial charge in [-0.2, -0.15) is 0 Å².